The summed E-state index contributed by atoms with van der Waals surface area (Å²) < 4.78 is 5.98. The van der Waals surface area contributed by atoms with Gasteiger partial charge in [-0.05, 0) is 64.2 Å². The van der Waals surface area contributed by atoms with Crippen LogP contribution in [0.5, 0.6) is 0 Å². The van der Waals surface area contributed by atoms with Crippen LogP contribution in [0, 0.1) is 0 Å². The van der Waals surface area contributed by atoms with Crippen molar-refractivity contribution in [3.05, 3.63) is 36.5 Å². The van der Waals surface area contributed by atoms with E-state index in [9.17, 15) is 19.8 Å². The highest BCUT2D eigenvalue weighted by Crippen LogP contribution is 2.19. The summed E-state index contributed by atoms with van der Waals surface area (Å²) in [5.74, 6) is -0.469. The van der Waals surface area contributed by atoms with Crippen molar-refractivity contribution in [3.63, 3.8) is 0 Å². The third-order valence-electron chi connectivity index (χ3n) is 14.0. The van der Waals surface area contributed by atoms with Gasteiger partial charge in [0.1, 0.15) is 6.10 Å². The van der Waals surface area contributed by atoms with E-state index in [1.807, 2.05) is 0 Å². The second-order valence-electron chi connectivity index (χ2n) is 20.8. The second kappa shape index (κ2) is 56.0. The molecule has 0 aromatic rings. The minimum Gasteiger partial charge on any atom is -0.462 e. The third-order valence-corrected chi connectivity index (χ3v) is 14.0. The van der Waals surface area contributed by atoms with E-state index in [0.717, 1.165) is 64.2 Å². The monoisotopic (exact) mass is 956 g/mol. The first-order valence-corrected chi connectivity index (χ1v) is 30.2. The molecular weight excluding hydrogens is 839 g/mol. The summed E-state index contributed by atoms with van der Waals surface area (Å²) in [5.41, 5.74) is 0. The number of hydrogen-bond donors (Lipinski definition) is 3. The number of allylic oxidation sites excluding steroid dienone is 6. The Morgan fingerprint density at radius 1 is 0.426 bits per heavy atom. The van der Waals surface area contributed by atoms with Crippen LogP contribution in [-0.2, 0) is 14.3 Å². The van der Waals surface area contributed by atoms with E-state index in [1.54, 1.807) is 0 Å². The van der Waals surface area contributed by atoms with Gasteiger partial charge in [0.2, 0.25) is 5.91 Å². The first-order valence-electron chi connectivity index (χ1n) is 30.2. The van der Waals surface area contributed by atoms with Gasteiger partial charge in [0.15, 0.2) is 0 Å². The fourth-order valence-corrected chi connectivity index (χ4v) is 9.38. The molecule has 0 aromatic heterocycles. The molecule has 6 nitrogen and oxygen atoms in total. The quantitative estimate of drug-likeness (QED) is 0.0321. The van der Waals surface area contributed by atoms with E-state index in [-0.39, 0.29) is 24.9 Å². The zero-order valence-electron chi connectivity index (χ0n) is 45.8. The first kappa shape index (κ1) is 66.1. The lowest BCUT2D eigenvalue weighted by atomic mass is 10.0. The lowest BCUT2D eigenvalue weighted by molar-refractivity contribution is -0.151. The number of amides is 1. The van der Waals surface area contributed by atoms with Crippen molar-refractivity contribution in [3.8, 4) is 0 Å². The molecular formula is C62H117NO5. The Kier molecular flexibility index (Phi) is 54.4. The second-order valence-corrected chi connectivity index (χ2v) is 20.8. The summed E-state index contributed by atoms with van der Waals surface area (Å²) in [6.07, 6.45) is 67.8. The Balaban J connectivity index is 4.55. The molecule has 0 heterocycles. The Hall–Kier alpha value is -1.92. The van der Waals surface area contributed by atoms with Gasteiger partial charge in [0.25, 0.3) is 0 Å². The molecule has 400 valence electrons. The smallest absolute Gasteiger partial charge is 0.306 e. The van der Waals surface area contributed by atoms with Crippen molar-refractivity contribution in [2.75, 3.05) is 6.61 Å². The molecule has 1 amide bonds. The number of esters is 1. The summed E-state index contributed by atoms with van der Waals surface area (Å²) in [6.45, 7) is 6.50. The molecule has 0 bridgehead atoms. The van der Waals surface area contributed by atoms with Crippen molar-refractivity contribution in [2.24, 2.45) is 0 Å². The lowest BCUT2D eigenvalue weighted by Crippen LogP contribution is -2.46. The number of carbonyl (C=O) groups excluding carboxylic acids is 2. The number of aliphatic hydroxyl groups is 2. The van der Waals surface area contributed by atoms with Gasteiger partial charge < -0.3 is 20.3 Å². The number of carbonyl (C=O) groups is 2. The van der Waals surface area contributed by atoms with Gasteiger partial charge in [0, 0.05) is 6.42 Å². The van der Waals surface area contributed by atoms with Crippen LogP contribution >= 0.6 is 0 Å². The Labute approximate surface area is 424 Å². The molecule has 0 fully saturated rings. The van der Waals surface area contributed by atoms with Crippen molar-refractivity contribution in [1.29, 1.82) is 0 Å². The Bertz CT molecular complexity index is 1120. The molecule has 6 heteroatoms. The first-order chi connectivity index (χ1) is 33.5. The van der Waals surface area contributed by atoms with E-state index >= 15 is 0 Å². The highest BCUT2D eigenvalue weighted by molar-refractivity contribution is 5.77. The minimum atomic E-state index is -0.788. The minimum absolute atomic E-state index is 0.0772. The molecule has 3 unspecified atom stereocenters. The van der Waals surface area contributed by atoms with Crippen LogP contribution in [0.25, 0.3) is 0 Å². The summed E-state index contributed by atoms with van der Waals surface area (Å²) in [5, 5.41) is 23.9. The van der Waals surface area contributed by atoms with Gasteiger partial charge in [-0.2, -0.15) is 0 Å². The van der Waals surface area contributed by atoms with Gasteiger partial charge in [-0.25, -0.2) is 0 Å². The molecule has 0 spiro atoms. The SMILES string of the molecule is CCCCC/C=C\C/C=C\C/C=C\CCCCCCCCC(=O)OC(CCCCCCCCCCCCCCCCCCC)CC(=O)NC(CO)C(O)CCCCCCCCCCCCCCC. The lowest BCUT2D eigenvalue weighted by Gasteiger charge is -2.24. The molecule has 0 aliphatic heterocycles. The van der Waals surface area contributed by atoms with Crippen molar-refractivity contribution >= 4 is 11.9 Å². The number of aliphatic hydroxyl groups excluding tert-OH is 2. The van der Waals surface area contributed by atoms with E-state index < -0.39 is 18.2 Å². The van der Waals surface area contributed by atoms with E-state index in [4.69, 9.17) is 4.74 Å². The normalized spacial score (nSPS) is 13.3. The van der Waals surface area contributed by atoms with Crippen LogP contribution in [-0.4, -0.2) is 46.9 Å². The summed E-state index contributed by atoms with van der Waals surface area (Å²) in [4.78, 5) is 26.3. The van der Waals surface area contributed by atoms with Crippen LogP contribution < -0.4 is 5.32 Å². The van der Waals surface area contributed by atoms with Crippen LogP contribution in [0.3, 0.4) is 0 Å². The van der Waals surface area contributed by atoms with Crippen LogP contribution in [0.15, 0.2) is 36.5 Å². The van der Waals surface area contributed by atoms with E-state index in [1.165, 1.54) is 212 Å². The maximum absolute atomic E-state index is 13.3. The molecule has 3 atom stereocenters. The van der Waals surface area contributed by atoms with Gasteiger partial charge in [0.05, 0.1) is 25.2 Å². The molecule has 0 saturated carbocycles. The number of hydrogen-bond acceptors (Lipinski definition) is 5. The highest BCUT2D eigenvalue weighted by atomic mass is 16.5. The van der Waals surface area contributed by atoms with Crippen LogP contribution in [0.1, 0.15) is 323 Å². The average Bonchev–Trinajstić information content (AvgIpc) is 3.33. The summed E-state index contributed by atoms with van der Waals surface area (Å²) >= 11 is 0. The van der Waals surface area contributed by atoms with Gasteiger partial charge >= 0.3 is 5.97 Å². The van der Waals surface area contributed by atoms with Crippen LogP contribution in [0.4, 0.5) is 0 Å². The molecule has 0 aliphatic rings. The number of ether oxygens (including phenoxy) is 1. The Morgan fingerprint density at radius 3 is 1.16 bits per heavy atom. The van der Waals surface area contributed by atoms with Crippen molar-refractivity contribution in [1.82, 2.24) is 5.32 Å². The Morgan fingerprint density at radius 2 is 0.750 bits per heavy atom. The zero-order chi connectivity index (χ0) is 49.5. The molecule has 0 saturated heterocycles. The van der Waals surface area contributed by atoms with Gasteiger partial charge in [-0.3, -0.25) is 9.59 Å². The standard InChI is InChI=1S/C62H117NO5/c1-4-7-10-13-16-19-22-25-27-29-30-32-34-37-40-43-46-49-52-55-62(67)68-58(53-50-47-44-41-38-36-33-31-28-26-23-20-17-14-11-8-5-2)56-61(66)63-59(57-64)60(65)54-51-48-45-42-39-35-24-21-18-15-12-9-6-3/h16,19,25,27,30,32,58-60,64-65H,4-15,17-18,20-24,26,28-29,31,33-57H2,1-3H3,(H,63,66)/b19-16-,27-25-,32-30-. The summed E-state index contributed by atoms with van der Waals surface area (Å²) in [6, 6.07) is -0.702. The fourth-order valence-electron chi connectivity index (χ4n) is 9.38. The number of rotatable bonds is 55. The fraction of sp³-hybridized carbons (Fsp3) is 0.871. The maximum atomic E-state index is 13.3. The number of unbranched alkanes of at least 4 members (excludes halogenated alkanes) is 37. The predicted molar refractivity (Wildman–Crippen MR) is 296 cm³/mol. The van der Waals surface area contributed by atoms with Gasteiger partial charge in [-0.1, -0.05) is 282 Å². The maximum Gasteiger partial charge on any atom is 0.306 e. The molecule has 0 aliphatic carbocycles. The zero-order valence-corrected chi connectivity index (χ0v) is 45.8. The van der Waals surface area contributed by atoms with E-state index in [0.29, 0.717) is 19.3 Å². The molecule has 0 aromatic carbocycles. The van der Waals surface area contributed by atoms with Crippen LogP contribution in [0.2, 0.25) is 0 Å². The average molecular weight is 957 g/mol. The topological polar surface area (TPSA) is 95.9 Å². The molecule has 0 radical (unpaired) electrons. The third kappa shape index (κ3) is 50.5. The number of nitrogens with one attached hydrogen (secondary N) is 1. The summed E-state index contributed by atoms with van der Waals surface area (Å²) in [7, 11) is 0. The van der Waals surface area contributed by atoms with Gasteiger partial charge in [-0.15, -0.1) is 0 Å². The largest absolute Gasteiger partial charge is 0.462 e. The molecule has 3 N–H and O–H groups in total. The molecule has 0 rings (SSSR count). The molecule has 68 heavy (non-hydrogen) atoms. The predicted octanol–water partition coefficient (Wildman–Crippen LogP) is 18.8. The van der Waals surface area contributed by atoms with Crippen molar-refractivity contribution in [2.45, 2.75) is 341 Å². The van der Waals surface area contributed by atoms with Crippen molar-refractivity contribution < 1.29 is 24.5 Å². The highest BCUT2D eigenvalue weighted by Gasteiger charge is 2.24. The van der Waals surface area contributed by atoms with E-state index in [2.05, 4.69) is 62.5 Å².